The van der Waals surface area contributed by atoms with Crippen molar-refractivity contribution in [1.82, 2.24) is 29.8 Å². The normalized spacial score (nSPS) is 17.2. The minimum absolute atomic E-state index is 0.0439. The van der Waals surface area contributed by atoms with Crippen molar-refractivity contribution in [2.24, 2.45) is 4.99 Å². The first-order chi connectivity index (χ1) is 20.0. The van der Waals surface area contributed by atoms with Crippen LogP contribution in [0.2, 0.25) is 0 Å². The first-order valence-corrected chi connectivity index (χ1v) is 14.8. The van der Waals surface area contributed by atoms with E-state index in [4.69, 9.17) is 15.0 Å². The summed E-state index contributed by atoms with van der Waals surface area (Å²) in [7, 11) is 0. The molecule has 0 saturated carbocycles. The third kappa shape index (κ3) is 5.05. The maximum Gasteiger partial charge on any atom is 0.169 e. The molecule has 0 amide bonds. The summed E-state index contributed by atoms with van der Waals surface area (Å²) in [4.78, 5) is 43.4. The quantitative estimate of drug-likeness (QED) is 0.246. The lowest BCUT2D eigenvalue weighted by molar-refractivity contribution is 0.102. The molecule has 0 aromatic carbocycles. The smallest absolute Gasteiger partial charge is 0.169 e. The zero-order valence-electron chi connectivity index (χ0n) is 23.0. The second-order valence-electron chi connectivity index (χ2n) is 10.7. The van der Waals surface area contributed by atoms with Crippen LogP contribution in [0.25, 0.3) is 32.9 Å². The van der Waals surface area contributed by atoms with Crippen LogP contribution in [0.4, 0.5) is 5.69 Å². The van der Waals surface area contributed by atoms with E-state index in [0.717, 1.165) is 69.5 Å². The van der Waals surface area contributed by atoms with Gasteiger partial charge >= 0.3 is 0 Å². The topological polar surface area (TPSA) is 112 Å². The number of fused-ring (bicyclic) bond motifs is 2. The van der Waals surface area contributed by atoms with Gasteiger partial charge < -0.3 is 10.3 Å². The van der Waals surface area contributed by atoms with E-state index in [1.807, 2.05) is 43.7 Å². The van der Waals surface area contributed by atoms with E-state index >= 15 is 0 Å². The highest BCUT2D eigenvalue weighted by molar-refractivity contribution is 7.17. The van der Waals surface area contributed by atoms with Gasteiger partial charge in [-0.2, -0.15) is 0 Å². The number of carbonyl (C=O) groups excluding carboxylic acids is 1. The summed E-state index contributed by atoms with van der Waals surface area (Å²) < 4.78 is 0. The number of Topliss-reactive ketones (excluding diaryl/α,β-unsaturated/α-hetero) is 1. The van der Waals surface area contributed by atoms with Crippen molar-refractivity contribution in [3.8, 4) is 21.8 Å². The van der Waals surface area contributed by atoms with Crippen LogP contribution < -0.4 is 5.32 Å². The summed E-state index contributed by atoms with van der Waals surface area (Å²) in [5.74, 6) is 0.712. The average Bonchev–Trinajstić information content (AvgIpc) is 3.65. The van der Waals surface area contributed by atoms with Gasteiger partial charge in [-0.15, -0.1) is 11.3 Å². The van der Waals surface area contributed by atoms with E-state index in [0.29, 0.717) is 10.7 Å². The van der Waals surface area contributed by atoms with Gasteiger partial charge in [0, 0.05) is 36.3 Å². The number of nitrogens with one attached hydrogen (secondary N) is 2. The SMILES string of the molecule is CC(=O)c1ccc(-c2nccc3[nH]c(C4=N[C@H](C)Nc5cnc(-c6cncc(CN7CCCCC7)c6)cc54)nc23)s1. The Labute approximate surface area is 241 Å². The molecule has 7 rings (SSSR count). The molecule has 206 valence electrons. The minimum Gasteiger partial charge on any atom is -0.362 e. The largest absolute Gasteiger partial charge is 0.362 e. The standard InChI is InChI=1S/C31H30N8OS/c1-18(40)26-6-7-27(41-26)30-29-23(8-9-33-30)37-31(38-29)28-22-13-24(34-16-25(22)35-19(2)36-28)21-12-20(14-32-15-21)17-39-10-4-3-5-11-39/h6-9,12-16,19,35H,3-5,10-11,17H2,1-2H3,(H,37,38)/t19-/m1/s1. The number of thiophene rings is 1. The van der Waals surface area contributed by atoms with Crippen molar-refractivity contribution in [2.45, 2.75) is 45.8 Å². The zero-order valence-corrected chi connectivity index (χ0v) is 23.8. The zero-order chi connectivity index (χ0) is 27.9. The molecule has 10 heteroatoms. The molecule has 2 aliphatic heterocycles. The van der Waals surface area contributed by atoms with Crippen LogP contribution >= 0.6 is 11.3 Å². The molecule has 0 aliphatic carbocycles. The van der Waals surface area contributed by atoms with Gasteiger partial charge in [0.05, 0.1) is 32.8 Å². The number of hydrogen-bond acceptors (Lipinski definition) is 9. The molecule has 2 N–H and O–H groups in total. The summed E-state index contributed by atoms with van der Waals surface area (Å²) in [6, 6.07) is 9.96. The number of aromatic nitrogens is 5. The number of imidazole rings is 1. The van der Waals surface area contributed by atoms with E-state index < -0.39 is 0 Å². The number of aromatic amines is 1. The third-order valence-electron chi connectivity index (χ3n) is 7.60. The Morgan fingerprint density at radius 1 is 1.07 bits per heavy atom. The predicted octanol–water partition coefficient (Wildman–Crippen LogP) is 5.94. The highest BCUT2D eigenvalue weighted by atomic mass is 32.1. The van der Waals surface area contributed by atoms with E-state index in [2.05, 4.69) is 37.3 Å². The van der Waals surface area contributed by atoms with Gasteiger partial charge in [0.15, 0.2) is 11.6 Å². The van der Waals surface area contributed by atoms with Gasteiger partial charge in [0.25, 0.3) is 0 Å². The van der Waals surface area contributed by atoms with Gasteiger partial charge in [0.2, 0.25) is 0 Å². The highest BCUT2D eigenvalue weighted by Gasteiger charge is 2.24. The Kier molecular flexibility index (Phi) is 6.64. The van der Waals surface area contributed by atoms with Crippen molar-refractivity contribution < 1.29 is 4.79 Å². The lowest BCUT2D eigenvalue weighted by Gasteiger charge is -2.26. The number of anilines is 1. The fraction of sp³-hybridized carbons (Fsp3) is 0.290. The van der Waals surface area contributed by atoms with Crippen LogP contribution in [0, 0.1) is 0 Å². The molecule has 0 spiro atoms. The van der Waals surface area contributed by atoms with Crippen molar-refractivity contribution in [1.29, 1.82) is 0 Å². The van der Waals surface area contributed by atoms with Gasteiger partial charge in [0.1, 0.15) is 23.1 Å². The van der Waals surface area contributed by atoms with Crippen molar-refractivity contribution in [2.75, 3.05) is 18.4 Å². The Morgan fingerprint density at radius 2 is 1.95 bits per heavy atom. The minimum atomic E-state index is -0.138. The monoisotopic (exact) mass is 562 g/mol. The fourth-order valence-corrected chi connectivity index (χ4v) is 6.50. The van der Waals surface area contributed by atoms with Crippen LogP contribution in [-0.2, 0) is 6.54 Å². The number of carbonyl (C=O) groups is 1. The molecule has 0 unspecified atom stereocenters. The van der Waals surface area contributed by atoms with Gasteiger partial charge in [-0.25, -0.2) is 4.98 Å². The molecule has 0 radical (unpaired) electrons. The molecule has 7 heterocycles. The van der Waals surface area contributed by atoms with Gasteiger partial charge in [-0.3, -0.25) is 29.6 Å². The molecule has 2 aliphatic rings. The van der Waals surface area contributed by atoms with Gasteiger partial charge in [-0.05, 0) is 75.7 Å². The van der Waals surface area contributed by atoms with Crippen LogP contribution in [0.5, 0.6) is 0 Å². The summed E-state index contributed by atoms with van der Waals surface area (Å²) in [5, 5.41) is 3.43. The van der Waals surface area contributed by atoms with E-state index in [-0.39, 0.29) is 11.9 Å². The van der Waals surface area contributed by atoms with Crippen LogP contribution in [0.15, 0.2) is 60.1 Å². The molecular formula is C31H30N8OS. The van der Waals surface area contributed by atoms with Crippen molar-refractivity contribution in [3.05, 3.63) is 76.9 Å². The van der Waals surface area contributed by atoms with E-state index in [1.165, 1.54) is 36.2 Å². The molecule has 1 saturated heterocycles. The molecule has 9 nitrogen and oxygen atoms in total. The lowest BCUT2D eigenvalue weighted by Crippen LogP contribution is -2.29. The second kappa shape index (κ2) is 10.6. The molecule has 5 aromatic rings. The number of piperidine rings is 1. The van der Waals surface area contributed by atoms with Crippen LogP contribution in [0.1, 0.15) is 59.7 Å². The summed E-state index contributed by atoms with van der Waals surface area (Å²) in [6.45, 7) is 6.78. The maximum atomic E-state index is 11.9. The van der Waals surface area contributed by atoms with Crippen LogP contribution in [-0.4, -0.2) is 60.6 Å². The molecule has 41 heavy (non-hydrogen) atoms. The number of ketones is 1. The van der Waals surface area contributed by atoms with E-state index in [9.17, 15) is 4.79 Å². The number of hydrogen-bond donors (Lipinski definition) is 2. The van der Waals surface area contributed by atoms with Crippen molar-refractivity contribution in [3.63, 3.8) is 0 Å². The van der Waals surface area contributed by atoms with Crippen molar-refractivity contribution >= 4 is 39.6 Å². The third-order valence-corrected chi connectivity index (χ3v) is 8.80. The molecule has 1 fully saturated rings. The number of likely N-dealkylation sites (tertiary alicyclic amines) is 1. The highest BCUT2D eigenvalue weighted by Crippen LogP contribution is 2.33. The molecule has 1 atom stereocenters. The maximum absolute atomic E-state index is 11.9. The summed E-state index contributed by atoms with van der Waals surface area (Å²) in [6.07, 6.45) is 11.2. The first kappa shape index (κ1) is 25.7. The number of H-pyrrole nitrogens is 1. The molecule has 5 aromatic heterocycles. The number of rotatable bonds is 6. The Morgan fingerprint density at radius 3 is 2.78 bits per heavy atom. The van der Waals surface area contributed by atoms with E-state index in [1.54, 1.807) is 13.1 Å². The molecular weight excluding hydrogens is 532 g/mol. The van der Waals surface area contributed by atoms with Crippen LogP contribution in [0.3, 0.4) is 0 Å². The summed E-state index contributed by atoms with van der Waals surface area (Å²) in [5.41, 5.74) is 7.99. The first-order valence-electron chi connectivity index (χ1n) is 14.0. The van der Waals surface area contributed by atoms with Gasteiger partial charge in [-0.1, -0.05) is 6.42 Å². The second-order valence-corrected chi connectivity index (χ2v) is 11.8. The Hall–Kier alpha value is -4.28. The Bertz CT molecular complexity index is 1800. The number of nitrogens with zero attached hydrogens (tertiary/aromatic N) is 6. The molecule has 0 bridgehead atoms. The fourth-order valence-electron chi connectivity index (χ4n) is 5.61. The summed E-state index contributed by atoms with van der Waals surface area (Å²) >= 11 is 1.43. The Balaban J connectivity index is 1.25. The number of pyridine rings is 3. The predicted molar refractivity (Wildman–Crippen MR) is 163 cm³/mol. The number of aliphatic imine (C=N–C) groups is 1. The lowest BCUT2D eigenvalue weighted by atomic mass is 10.0. The average molecular weight is 563 g/mol.